The molecule has 108 valence electrons. The Bertz CT molecular complexity index is 572. The highest BCUT2D eigenvalue weighted by molar-refractivity contribution is 7.09. The summed E-state index contributed by atoms with van der Waals surface area (Å²) < 4.78 is 13.2. The summed E-state index contributed by atoms with van der Waals surface area (Å²) >= 11 is 1.70. The molecule has 0 aliphatic carbocycles. The second-order valence-corrected chi connectivity index (χ2v) is 6.91. The normalized spacial score (nSPS) is 13.4. The monoisotopic (exact) mass is 292 g/mol. The fourth-order valence-electron chi connectivity index (χ4n) is 1.88. The number of benzene rings is 1. The minimum Gasteiger partial charge on any atom is -0.305 e. The van der Waals surface area contributed by atoms with Crippen LogP contribution < -0.4 is 5.32 Å². The second kappa shape index (κ2) is 6.02. The summed E-state index contributed by atoms with van der Waals surface area (Å²) in [5, 5.41) is 6.62. The first-order valence-corrected chi connectivity index (χ1v) is 7.68. The maximum absolute atomic E-state index is 13.2. The van der Waals surface area contributed by atoms with Crippen LogP contribution in [0.25, 0.3) is 0 Å². The van der Waals surface area contributed by atoms with Crippen molar-refractivity contribution >= 4 is 11.3 Å². The molecule has 0 unspecified atom stereocenters. The van der Waals surface area contributed by atoms with Gasteiger partial charge in [-0.05, 0) is 24.6 Å². The molecule has 0 bridgehead atoms. The second-order valence-electron chi connectivity index (χ2n) is 6.05. The summed E-state index contributed by atoms with van der Waals surface area (Å²) in [7, 11) is 0. The third-order valence-electron chi connectivity index (χ3n) is 3.13. The van der Waals surface area contributed by atoms with E-state index in [1.54, 1.807) is 23.5 Å². The van der Waals surface area contributed by atoms with Crippen LogP contribution in [0.2, 0.25) is 0 Å². The molecule has 0 saturated carbocycles. The molecule has 0 aliphatic heterocycles. The highest BCUT2D eigenvalue weighted by Crippen LogP contribution is 2.25. The van der Waals surface area contributed by atoms with E-state index in [9.17, 15) is 4.39 Å². The highest BCUT2D eigenvalue weighted by atomic mass is 32.1. The third kappa shape index (κ3) is 3.87. The quantitative estimate of drug-likeness (QED) is 0.901. The van der Waals surface area contributed by atoms with Gasteiger partial charge in [-0.3, -0.25) is 0 Å². The Morgan fingerprint density at radius 3 is 2.70 bits per heavy atom. The van der Waals surface area contributed by atoms with Crippen molar-refractivity contribution in [3.63, 3.8) is 0 Å². The Kier molecular flexibility index (Phi) is 4.55. The first kappa shape index (κ1) is 15.1. The van der Waals surface area contributed by atoms with Crippen LogP contribution >= 0.6 is 11.3 Å². The summed E-state index contributed by atoms with van der Waals surface area (Å²) in [6, 6.07) is 6.81. The molecule has 1 aromatic carbocycles. The molecule has 2 rings (SSSR count). The summed E-state index contributed by atoms with van der Waals surface area (Å²) in [5.74, 6) is -0.195. The molecule has 4 heteroatoms. The Balaban J connectivity index is 1.97. The maximum atomic E-state index is 13.2. The molecular formula is C16H21FN2S. The SMILES string of the molecule is C[C@H](NCc1csc(C(C)(C)C)n1)c1cccc(F)c1. The molecular weight excluding hydrogens is 271 g/mol. The molecule has 20 heavy (non-hydrogen) atoms. The van der Waals surface area contributed by atoms with Gasteiger partial charge in [-0.25, -0.2) is 9.37 Å². The van der Waals surface area contributed by atoms with E-state index in [0.29, 0.717) is 6.54 Å². The van der Waals surface area contributed by atoms with Gasteiger partial charge in [-0.1, -0.05) is 32.9 Å². The Morgan fingerprint density at radius 1 is 1.35 bits per heavy atom. The summed E-state index contributed by atoms with van der Waals surface area (Å²) in [5.41, 5.74) is 2.09. The molecule has 0 saturated heterocycles. The Labute approximate surface area is 124 Å². The lowest BCUT2D eigenvalue weighted by Crippen LogP contribution is -2.19. The van der Waals surface area contributed by atoms with Gasteiger partial charge in [0.15, 0.2) is 0 Å². The molecule has 2 nitrogen and oxygen atoms in total. The third-order valence-corrected chi connectivity index (χ3v) is 4.45. The zero-order valence-electron chi connectivity index (χ0n) is 12.4. The van der Waals surface area contributed by atoms with Gasteiger partial charge in [-0.2, -0.15) is 0 Å². The van der Waals surface area contributed by atoms with Crippen LogP contribution in [0, 0.1) is 5.82 Å². The van der Waals surface area contributed by atoms with E-state index < -0.39 is 0 Å². The summed E-state index contributed by atoms with van der Waals surface area (Å²) in [6.45, 7) is 9.23. The number of hydrogen-bond acceptors (Lipinski definition) is 3. The smallest absolute Gasteiger partial charge is 0.123 e. The van der Waals surface area contributed by atoms with E-state index in [1.165, 1.54) is 6.07 Å². The van der Waals surface area contributed by atoms with Gasteiger partial charge < -0.3 is 5.32 Å². The minimum atomic E-state index is -0.195. The van der Waals surface area contributed by atoms with Crippen molar-refractivity contribution in [1.29, 1.82) is 0 Å². The van der Waals surface area contributed by atoms with Crippen LogP contribution in [0.1, 0.15) is 50.0 Å². The molecule has 1 atom stereocenters. The summed E-state index contributed by atoms with van der Waals surface area (Å²) in [4.78, 5) is 4.65. The zero-order valence-corrected chi connectivity index (χ0v) is 13.2. The van der Waals surface area contributed by atoms with Crippen LogP contribution in [0.3, 0.4) is 0 Å². The lowest BCUT2D eigenvalue weighted by molar-refractivity contribution is 0.551. The fourth-order valence-corrected chi connectivity index (χ4v) is 2.79. The van der Waals surface area contributed by atoms with E-state index in [-0.39, 0.29) is 17.3 Å². The standard InChI is InChI=1S/C16H21FN2S/c1-11(12-6-5-7-13(17)8-12)18-9-14-10-20-15(19-14)16(2,3)4/h5-8,10-11,18H,9H2,1-4H3/t11-/m0/s1. The number of halogens is 1. The van der Waals surface area contributed by atoms with E-state index in [4.69, 9.17) is 0 Å². The van der Waals surface area contributed by atoms with Crippen LogP contribution in [-0.2, 0) is 12.0 Å². The first-order valence-electron chi connectivity index (χ1n) is 6.80. The minimum absolute atomic E-state index is 0.0943. The van der Waals surface area contributed by atoms with E-state index in [2.05, 4.69) is 36.5 Å². The van der Waals surface area contributed by atoms with E-state index >= 15 is 0 Å². The van der Waals surface area contributed by atoms with Crippen LogP contribution in [-0.4, -0.2) is 4.98 Å². The van der Waals surface area contributed by atoms with Crippen molar-refractivity contribution in [2.45, 2.75) is 45.7 Å². The maximum Gasteiger partial charge on any atom is 0.123 e. The molecule has 1 N–H and O–H groups in total. The van der Waals surface area contributed by atoms with Gasteiger partial charge in [0.2, 0.25) is 0 Å². The highest BCUT2D eigenvalue weighted by Gasteiger charge is 2.18. The van der Waals surface area contributed by atoms with Gasteiger partial charge in [0.1, 0.15) is 5.82 Å². The average molecular weight is 292 g/mol. The molecule has 1 aromatic heterocycles. The predicted octanol–water partition coefficient (Wildman–Crippen LogP) is 4.43. The molecule has 0 radical (unpaired) electrons. The molecule has 2 aromatic rings. The number of thiazole rings is 1. The summed E-state index contributed by atoms with van der Waals surface area (Å²) in [6.07, 6.45) is 0. The van der Waals surface area contributed by atoms with Crippen molar-refractivity contribution in [3.8, 4) is 0 Å². The molecule has 1 heterocycles. The van der Waals surface area contributed by atoms with Gasteiger partial charge >= 0.3 is 0 Å². The zero-order chi connectivity index (χ0) is 14.8. The number of rotatable bonds is 4. The Hall–Kier alpha value is -1.26. The lowest BCUT2D eigenvalue weighted by atomic mass is 9.98. The van der Waals surface area contributed by atoms with Crippen molar-refractivity contribution in [2.24, 2.45) is 0 Å². The first-order chi connectivity index (χ1) is 9.36. The van der Waals surface area contributed by atoms with Crippen molar-refractivity contribution in [3.05, 3.63) is 51.7 Å². The van der Waals surface area contributed by atoms with Crippen LogP contribution in [0.15, 0.2) is 29.6 Å². The van der Waals surface area contributed by atoms with Crippen molar-refractivity contribution in [2.75, 3.05) is 0 Å². The van der Waals surface area contributed by atoms with Crippen molar-refractivity contribution < 1.29 is 4.39 Å². The van der Waals surface area contributed by atoms with Crippen LogP contribution in [0.4, 0.5) is 4.39 Å². The number of nitrogens with one attached hydrogen (secondary N) is 1. The van der Waals surface area contributed by atoms with Crippen LogP contribution in [0.5, 0.6) is 0 Å². The van der Waals surface area contributed by atoms with Crippen molar-refractivity contribution in [1.82, 2.24) is 10.3 Å². The van der Waals surface area contributed by atoms with Gasteiger partial charge in [0.05, 0.1) is 10.7 Å². The van der Waals surface area contributed by atoms with Gasteiger partial charge in [0, 0.05) is 23.4 Å². The number of hydrogen-bond donors (Lipinski definition) is 1. The largest absolute Gasteiger partial charge is 0.305 e. The molecule has 0 fully saturated rings. The average Bonchev–Trinajstić information content (AvgIpc) is 2.84. The number of aromatic nitrogens is 1. The lowest BCUT2D eigenvalue weighted by Gasteiger charge is -2.14. The topological polar surface area (TPSA) is 24.9 Å². The number of nitrogens with zero attached hydrogens (tertiary/aromatic N) is 1. The van der Waals surface area contributed by atoms with E-state index in [0.717, 1.165) is 16.3 Å². The van der Waals surface area contributed by atoms with Gasteiger partial charge in [-0.15, -0.1) is 11.3 Å². The van der Waals surface area contributed by atoms with Gasteiger partial charge in [0.25, 0.3) is 0 Å². The Morgan fingerprint density at radius 2 is 2.10 bits per heavy atom. The molecule has 0 amide bonds. The van der Waals surface area contributed by atoms with E-state index in [1.807, 2.05) is 13.0 Å². The molecule has 0 aliphatic rings. The predicted molar refractivity (Wildman–Crippen MR) is 82.5 cm³/mol. The molecule has 0 spiro atoms. The fraction of sp³-hybridized carbons (Fsp3) is 0.438.